The van der Waals surface area contributed by atoms with E-state index in [4.69, 9.17) is 5.73 Å². The molecule has 3 aliphatic rings. The highest BCUT2D eigenvalue weighted by molar-refractivity contribution is 5.86. The maximum atomic E-state index is 12.2. The maximum Gasteiger partial charge on any atom is 0.308 e. The summed E-state index contributed by atoms with van der Waals surface area (Å²) in [6.07, 6.45) is 4.68. The topological polar surface area (TPSA) is 92.4 Å². The first-order valence-electron chi connectivity index (χ1n) is 6.81. The van der Waals surface area contributed by atoms with Crippen LogP contribution < -0.4 is 11.1 Å². The highest BCUT2D eigenvalue weighted by Gasteiger charge is 2.55. The van der Waals surface area contributed by atoms with Gasteiger partial charge in [0.25, 0.3) is 0 Å². The normalized spacial score (nSPS) is 39.6. The van der Waals surface area contributed by atoms with Gasteiger partial charge >= 0.3 is 5.97 Å². The number of amides is 1. The average Bonchev–Trinajstić information content (AvgIpc) is 2.90. The number of nitrogens with one attached hydrogen (secondary N) is 1. The lowest BCUT2D eigenvalue weighted by molar-refractivity contribution is -0.145. The van der Waals surface area contributed by atoms with E-state index in [1.54, 1.807) is 0 Å². The summed E-state index contributed by atoms with van der Waals surface area (Å²) < 4.78 is 0. The van der Waals surface area contributed by atoms with E-state index in [-0.39, 0.29) is 29.2 Å². The van der Waals surface area contributed by atoms with Crippen molar-refractivity contribution in [2.45, 2.75) is 38.1 Å². The number of carbonyl (C=O) groups is 2. The van der Waals surface area contributed by atoms with Crippen molar-refractivity contribution >= 4 is 11.9 Å². The minimum Gasteiger partial charge on any atom is -0.481 e. The van der Waals surface area contributed by atoms with Crippen molar-refractivity contribution < 1.29 is 14.7 Å². The van der Waals surface area contributed by atoms with Gasteiger partial charge in [-0.1, -0.05) is 0 Å². The summed E-state index contributed by atoms with van der Waals surface area (Å²) in [5.74, 6) is -0.556. The van der Waals surface area contributed by atoms with E-state index in [2.05, 4.69) is 5.32 Å². The van der Waals surface area contributed by atoms with Crippen LogP contribution >= 0.6 is 0 Å². The van der Waals surface area contributed by atoms with Crippen molar-refractivity contribution in [3.8, 4) is 0 Å². The van der Waals surface area contributed by atoms with Crippen LogP contribution in [0.3, 0.4) is 0 Å². The van der Waals surface area contributed by atoms with E-state index < -0.39 is 5.97 Å². The first kappa shape index (κ1) is 12.0. The van der Waals surface area contributed by atoms with Gasteiger partial charge in [0.05, 0.1) is 11.3 Å². The first-order chi connectivity index (χ1) is 8.57. The molecule has 0 spiro atoms. The third kappa shape index (κ3) is 1.64. The molecule has 3 saturated carbocycles. The highest BCUT2D eigenvalue weighted by Crippen LogP contribution is 2.50. The van der Waals surface area contributed by atoms with Crippen molar-refractivity contribution in [2.24, 2.45) is 28.9 Å². The Kier molecular flexibility index (Phi) is 2.62. The second-order valence-corrected chi connectivity index (χ2v) is 6.18. The smallest absolute Gasteiger partial charge is 0.308 e. The molecule has 3 rings (SSSR count). The van der Waals surface area contributed by atoms with E-state index >= 15 is 0 Å². The quantitative estimate of drug-likeness (QED) is 0.672. The standard InChI is InChI=1S/C13H20N2O3/c14-6-13(3-4-13)12(18)15-10-8-2-1-7(5-8)9(10)11(16)17/h7-10H,1-6,14H2,(H,15,18)(H,16,17). The van der Waals surface area contributed by atoms with Crippen molar-refractivity contribution in [3.05, 3.63) is 0 Å². The van der Waals surface area contributed by atoms with Gasteiger partial charge in [-0.15, -0.1) is 0 Å². The number of fused-ring (bicyclic) bond motifs is 2. The van der Waals surface area contributed by atoms with Crippen molar-refractivity contribution in [1.29, 1.82) is 0 Å². The zero-order chi connectivity index (χ0) is 12.9. The Morgan fingerprint density at radius 3 is 2.50 bits per heavy atom. The Morgan fingerprint density at radius 1 is 1.28 bits per heavy atom. The Balaban J connectivity index is 1.72. The predicted octanol–water partition coefficient (Wildman–Crippen LogP) is 0.341. The van der Waals surface area contributed by atoms with Crippen LogP contribution in [0, 0.1) is 23.2 Å². The van der Waals surface area contributed by atoms with Gasteiger partial charge in [0.2, 0.25) is 5.91 Å². The minimum atomic E-state index is -0.759. The molecular formula is C13H20N2O3. The Hall–Kier alpha value is -1.10. The number of aliphatic carboxylic acids is 1. The van der Waals surface area contributed by atoms with Gasteiger partial charge in [-0.2, -0.15) is 0 Å². The fraction of sp³-hybridized carbons (Fsp3) is 0.846. The van der Waals surface area contributed by atoms with Crippen LogP contribution in [0.2, 0.25) is 0 Å². The summed E-state index contributed by atoms with van der Waals surface area (Å²) >= 11 is 0. The summed E-state index contributed by atoms with van der Waals surface area (Å²) in [6, 6.07) is -0.169. The summed E-state index contributed by atoms with van der Waals surface area (Å²) in [5, 5.41) is 12.3. The van der Waals surface area contributed by atoms with Gasteiger partial charge in [-0.3, -0.25) is 9.59 Å². The summed E-state index contributed by atoms with van der Waals surface area (Å²) in [4.78, 5) is 23.5. The third-order valence-electron chi connectivity index (χ3n) is 5.23. The van der Waals surface area contributed by atoms with E-state index in [0.29, 0.717) is 12.5 Å². The molecule has 0 heterocycles. The fourth-order valence-electron chi connectivity index (χ4n) is 3.83. The third-order valence-corrected chi connectivity index (χ3v) is 5.23. The second kappa shape index (κ2) is 3.95. The Labute approximate surface area is 106 Å². The molecule has 0 radical (unpaired) electrons. The van der Waals surface area contributed by atoms with Gasteiger partial charge in [-0.25, -0.2) is 0 Å². The summed E-state index contributed by atoms with van der Waals surface area (Å²) in [7, 11) is 0. The molecule has 100 valence electrons. The van der Waals surface area contributed by atoms with Crippen LogP contribution in [0.5, 0.6) is 0 Å². The predicted molar refractivity (Wildman–Crippen MR) is 64.6 cm³/mol. The lowest BCUT2D eigenvalue weighted by Gasteiger charge is -2.30. The zero-order valence-electron chi connectivity index (χ0n) is 10.4. The van der Waals surface area contributed by atoms with Crippen LogP contribution in [0.1, 0.15) is 32.1 Å². The molecule has 2 bridgehead atoms. The minimum absolute atomic E-state index is 0.0196. The number of hydrogen-bond acceptors (Lipinski definition) is 3. The molecule has 5 nitrogen and oxygen atoms in total. The Morgan fingerprint density at radius 2 is 1.94 bits per heavy atom. The number of rotatable bonds is 4. The molecular weight excluding hydrogens is 232 g/mol. The molecule has 0 saturated heterocycles. The molecule has 0 aromatic rings. The fourth-order valence-corrected chi connectivity index (χ4v) is 3.83. The van der Waals surface area contributed by atoms with E-state index in [1.165, 1.54) is 0 Å². The van der Waals surface area contributed by atoms with Crippen LogP contribution in [0.15, 0.2) is 0 Å². The molecule has 5 heteroatoms. The van der Waals surface area contributed by atoms with E-state index in [1.807, 2.05) is 0 Å². The first-order valence-corrected chi connectivity index (χ1v) is 6.81. The van der Waals surface area contributed by atoms with Gasteiger partial charge < -0.3 is 16.2 Å². The second-order valence-electron chi connectivity index (χ2n) is 6.18. The van der Waals surface area contributed by atoms with Crippen molar-refractivity contribution in [3.63, 3.8) is 0 Å². The number of carbonyl (C=O) groups excluding carboxylic acids is 1. The maximum absolute atomic E-state index is 12.2. The number of carboxylic acids is 1. The lowest BCUT2D eigenvalue weighted by atomic mass is 9.84. The molecule has 18 heavy (non-hydrogen) atoms. The Bertz CT molecular complexity index is 392. The lowest BCUT2D eigenvalue weighted by Crippen LogP contribution is -2.50. The molecule has 4 unspecified atom stereocenters. The van der Waals surface area contributed by atoms with Gasteiger partial charge in [-0.05, 0) is 43.9 Å². The number of hydrogen-bond donors (Lipinski definition) is 3. The largest absolute Gasteiger partial charge is 0.481 e. The molecule has 3 aliphatic carbocycles. The van der Waals surface area contributed by atoms with Crippen LogP contribution in [-0.4, -0.2) is 29.6 Å². The SMILES string of the molecule is NCC1(C(=O)NC2C3CCC(C3)C2C(=O)O)CC1. The zero-order valence-corrected chi connectivity index (χ0v) is 10.4. The van der Waals surface area contributed by atoms with Crippen LogP contribution in [-0.2, 0) is 9.59 Å². The van der Waals surface area contributed by atoms with E-state index in [0.717, 1.165) is 32.1 Å². The molecule has 3 fully saturated rings. The van der Waals surface area contributed by atoms with Crippen molar-refractivity contribution in [1.82, 2.24) is 5.32 Å². The number of carboxylic acid groups (broad SMARTS) is 1. The molecule has 4 atom stereocenters. The monoisotopic (exact) mass is 252 g/mol. The van der Waals surface area contributed by atoms with Gasteiger partial charge in [0.15, 0.2) is 0 Å². The average molecular weight is 252 g/mol. The highest BCUT2D eigenvalue weighted by atomic mass is 16.4. The molecule has 1 amide bonds. The van der Waals surface area contributed by atoms with Crippen LogP contribution in [0.25, 0.3) is 0 Å². The van der Waals surface area contributed by atoms with Crippen molar-refractivity contribution in [2.75, 3.05) is 6.54 Å². The molecule has 4 N–H and O–H groups in total. The molecule has 0 aromatic heterocycles. The van der Waals surface area contributed by atoms with Gasteiger partial charge in [0, 0.05) is 12.6 Å². The number of nitrogens with two attached hydrogens (primary N) is 1. The van der Waals surface area contributed by atoms with Crippen LogP contribution in [0.4, 0.5) is 0 Å². The molecule has 0 aliphatic heterocycles. The summed E-state index contributed by atoms with van der Waals surface area (Å²) in [5.41, 5.74) is 5.25. The van der Waals surface area contributed by atoms with Gasteiger partial charge in [0.1, 0.15) is 0 Å². The molecule has 0 aromatic carbocycles. The van der Waals surface area contributed by atoms with E-state index in [9.17, 15) is 14.7 Å². The summed E-state index contributed by atoms with van der Waals surface area (Å²) in [6.45, 7) is 0.372.